The second-order valence-electron chi connectivity index (χ2n) is 0.939. The predicted molar refractivity (Wildman–Crippen MR) is 36.0 cm³/mol. The van der Waals surface area contributed by atoms with Gasteiger partial charge >= 0.3 is 0 Å². The van der Waals surface area contributed by atoms with Crippen molar-refractivity contribution in [3.63, 3.8) is 0 Å². The van der Waals surface area contributed by atoms with Crippen LogP contribution in [0.2, 0.25) is 0 Å². The highest BCUT2D eigenvalue weighted by atomic mass is 35.5. The molecule has 1 N–H and O–H groups in total. The zero-order valence-corrected chi connectivity index (χ0v) is 6.41. The highest BCUT2D eigenvalue weighted by Crippen LogP contribution is 1.95. The van der Waals surface area contributed by atoms with E-state index in [9.17, 15) is 8.76 Å². The number of hydrogen-bond donors (Lipinski definition) is 1. The van der Waals surface area contributed by atoms with Crippen LogP contribution in [0.4, 0.5) is 0 Å². The van der Waals surface area contributed by atoms with Gasteiger partial charge in [-0.3, -0.25) is 4.21 Å². The van der Waals surface area contributed by atoms with Crippen molar-refractivity contribution in [1.82, 2.24) is 4.83 Å². The molecule has 1 atom stereocenters. The highest BCUT2D eigenvalue weighted by Gasteiger charge is 1.87. The molecule has 0 aliphatic heterocycles. The Kier molecular flexibility index (Phi) is 5.07. The molecule has 0 rings (SSSR count). The maximum absolute atomic E-state index is 9.67. The lowest BCUT2D eigenvalue weighted by Crippen LogP contribution is -2.09. The minimum Gasteiger partial charge on any atom is -0.754 e. The van der Waals surface area contributed by atoms with Gasteiger partial charge in [0.25, 0.3) is 0 Å². The van der Waals surface area contributed by atoms with E-state index in [0.717, 1.165) is 6.21 Å². The lowest BCUT2D eigenvalue weighted by atomic mass is 10.9. The van der Waals surface area contributed by atoms with E-state index in [0.29, 0.717) is 0 Å². The summed E-state index contributed by atoms with van der Waals surface area (Å²) >= 11 is 7.88. The standard InChI is InChI=1S/C2H4Cl2N2O2S/c3-2(4)1-5-6-9(7)8/h1-2,6H,(H,7,8)/p-1/b5-1+. The molecular formula is C2H3Cl2N2O2S-. The number of nitrogens with one attached hydrogen (secondary N) is 1. The molecule has 0 radical (unpaired) electrons. The summed E-state index contributed by atoms with van der Waals surface area (Å²) < 4.78 is 19.3. The van der Waals surface area contributed by atoms with E-state index in [-0.39, 0.29) is 0 Å². The van der Waals surface area contributed by atoms with Crippen LogP contribution in [-0.2, 0) is 11.3 Å². The van der Waals surface area contributed by atoms with Crippen LogP contribution in [0.5, 0.6) is 0 Å². The summed E-state index contributed by atoms with van der Waals surface area (Å²) in [6.07, 6.45) is 1.04. The van der Waals surface area contributed by atoms with Crippen LogP contribution in [-0.4, -0.2) is 19.8 Å². The van der Waals surface area contributed by atoms with Gasteiger partial charge in [-0.05, 0) is 0 Å². The van der Waals surface area contributed by atoms with Crippen LogP contribution < -0.4 is 4.83 Å². The Morgan fingerprint density at radius 1 is 1.78 bits per heavy atom. The highest BCUT2D eigenvalue weighted by molar-refractivity contribution is 7.77. The summed E-state index contributed by atoms with van der Waals surface area (Å²) in [7, 11) is 0. The molecule has 0 aromatic rings. The molecule has 0 aliphatic rings. The molecular weight excluding hydrogens is 187 g/mol. The summed E-state index contributed by atoms with van der Waals surface area (Å²) in [5.74, 6) is 0. The normalized spacial score (nSPS) is 14.7. The van der Waals surface area contributed by atoms with Crippen molar-refractivity contribution >= 4 is 40.7 Å². The van der Waals surface area contributed by atoms with Gasteiger partial charge in [0.1, 0.15) is 4.84 Å². The summed E-state index contributed by atoms with van der Waals surface area (Å²) in [5.41, 5.74) is 0. The summed E-state index contributed by atoms with van der Waals surface area (Å²) in [5, 5.41) is 3.12. The Bertz CT molecular complexity index is 128. The van der Waals surface area contributed by atoms with E-state index >= 15 is 0 Å². The smallest absolute Gasteiger partial charge is 0.144 e. The third-order valence-electron chi connectivity index (χ3n) is 0.314. The van der Waals surface area contributed by atoms with Crippen LogP contribution in [0.3, 0.4) is 0 Å². The van der Waals surface area contributed by atoms with E-state index in [2.05, 4.69) is 5.10 Å². The zero-order chi connectivity index (χ0) is 7.28. The number of halogens is 2. The Hall–Kier alpha value is 0.160. The summed E-state index contributed by atoms with van der Waals surface area (Å²) in [4.78, 5) is 0.903. The monoisotopic (exact) mass is 189 g/mol. The van der Waals surface area contributed by atoms with Crippen molar-refractivity contribution < 1.29 is 8.76 Å². The average molecular weight is 190 g/mol. The van der Waals surface area contributed by atoms with E-state index in [4.69, 9.17) is 23.2 Å². The Balaban J connectivity index is 3.36. The Labute approximate surface area is 64.6 Å². The van der Waals surface area contributed by atoms with Gasteiger partial charge in [-0.2, -0.15) is 5.10 Å². The van der Waals surface area contributed by atoms with Gasteiger partial charge in [0.2, 0.25) is 0 Å². The molecule has 0 saturated carbocycles. The lowest BCUT2D eigenvalue weighted by molar-refractivity contribution is 0.525. The molecule has 0 amide bonds. The maximum Gasteiger partial charge on any atom is 0.144 e. The predicted octanol–water partition coefficient (Wildman–Crippen LogP) is 0.160. The molecule has 0 spiro atoms. The SMILES string of the molecule is O=S([O-])N/N=C/C(Cl)Cl. The van der Waals surface area contributed by atoms with Gasteiger partial charge in [-0.25, -0.2) is 4.83 Å². The third kappa shape index (κ3) is 8.16. The molecule has 0 bridgehead atoms. The fourth-order valence-electron chi connectivity index (χ4n) is 0.130. The quantitative estimate of drug-likeness (QED) is 0.298. The fraction of sp³-hybridized carbons (Fsp3) is 0.500. The van der Waals surface area contributed by atoms with Crippen molar-refractivity contribution in [2.75, 3.05) is 0 Å². The van der Waals surface area contributed by atoms with Crippen LogP contribution in [0.15, 0.2) is 5.10 Å². The lowest BCUT2D eigenvalue weighted by Gasteiger charge is -2.00. The van der Waals surface area contributed by atoms with Crippen LogP contribution in [0.1, 0.15) is 0 Å². The second-order valence-corrected chi connectivity index (χ2v) is 2.75. The number of hydrazone groups is 1. The molecule has 0 heterocycles. The van der Waals surface area contributed by atoms with Crippen LogP contribution in [0.25, 0.3) is 0 Å². The number of alkyl halides is 2. The van der Waals surface area contributed by atoms with Gasteiger partial charge in [-0.15, -0.1) is 0 Å². The molecule has 9 heavy (non-hydrogen) atoms. The first-order valence-electron chi connectivity index (χ1n) is 1.79. The first kappa shape index (κ1) is 9.16. The number of hydrogen-bond acceptors (Lipinski definition) is 3. The van der Waals surface area contributed by atoms with Gasteiger partial charge < -0.3 is 4.55 Å². The Morgan fingerprint density at radius 3 is 2.67 bits per heavy atom. The van der Waals surface area contributed by atoms with Gasteiger partial charge in [0, 0.05) is 0 Å². The van der Waals surface area contributed by atoms with E-state index < -0.39 is 16.1 Å². The Morgan fingerprint density at radius 2 is 2.33 bits per heavy atom. The van der Waals surface area contributed by atoms with Gasteiger partial charge in [0.15, 0.2) is 0 Å². The van der Waals surface area contributed by atoms with E-state index in [1.165, 1.54) is 0 Å². The number of rotatable bonds is 3. The summed E-state index contributed by atoms with van der Waals surface area (Å²) in [6, 6.07) is 0. The van der Waals surface area contributed by atoms with Crippen molar-refractivity contribution in [2.24, 2.45) is 5.10 Å². The van der Waals surface area contributed by atoms with Crippen molar-refractivity contribution in [1.29, 1.82) is 0 Å². The maximum atomic E-state index is 9.67. The van der Waals surface area contributed by atoms with Gasteiger partial charge in [0.05, 0.1) is 17.5 Å². The van der Waals surface area contributed by atoms with E-state index in [1.807, 2.05) is 0 Å². The topological polar surface area (TPSA) is 64.5 Å². The van der Waals surface area contributed by atoms with Crippen molar-refractivity contribution in [2.45, 2.75) is 4.84 Å². The van der Waals surface area contributed by atoms with Gasteiger partial charge in [-0.1, -0.05) is 23.2 Å². The van der Waals surface area contributed by atoms with Crippen LogP contribution >= 0.6 is 23.2 Å². The average Bonchev–Trinajstić information content (AvgIpc) is 1.63. The largest absolute Gasteiger partial charge is 0.754 e. The summed E-state index contributed by atoms with van der Waals surface area (Å²) in [6.45, 7) is 0. The fourth-order valence-corrected chi connectivity index (χ4v) is 0.389. The second kappa shape index (κ2) is 4.99. The van der Waals surface area contributed by atoms with Crippen LogP contribution in [0, 0.1) is 0 Å². The molecule has 4 nitrogen and oxygen atoms in total. The first-order valence-corrected chi connectivity index (χ1v) is 3.74. The van der Waals surface area contributed by atoms with Crippen molar-refractivity contribution in [3.05, 3.63) is 0 Å². The van der Waals surface area contributed by atoms with Crippen molar-refractivity contribution in [3.8, 4) is 0 Å². The molecule has 0 aromatic heterocycles. The third-order valence-corrected chi connectivity index (χ3v) is 0.794. The molecule has 54 valence electrons. The minimum atomic E-state index is -2.40. The minimum absolute atomic E-state index is 0.791. The van der Waals surface area contributed by atoms with E-state index in [1.54, 1.807) is 4.83 Å². The number of nitrogens with zero attached hydrogens (tertiary/aromatic N) is 1. The molecule has 7 heteroatoms. The molecule has 0 fully saturated rings. The zero-order valence-electron chi connectivity index (χ0n) is 4.08. The molecule has 1 unspecified atom stereocenters. The molecule has 0 saturated heterocycles. The molecule has 0 aliphatic carbocycles. The molecule has 0 aromatic carbocycles. The first-order chi connectivity index (χ1) is 4.13.